The third kappa shape index (κ3) is 2.50. The normalized spacial score (nSPS) is 8.55. The first-order valence-corrected chi connectivity index (χ1v) is 3.20. The van der Waals surface area contributed by atoms with Crippen molar-refractivity contribution in [3.8, 4) is 0 Å². The fourth-order valence-electron chi connectivity index (χ4n) is 0.975. The van der Waals surface area contributed by atoms with E-state index in [-0.39, 0.29) is 32.7 Å². The SMILES string of the molecule is Cc1cccc(C)c1[C-]=O.[Y+3]. The van der Waals surface area contributed by atoms with Crippen LogP contribution in [0, 0.1) is 13.8 Å². The van der Waals surface area contributed by atoms with Crippen molar-refractivity contribution in [2.24, 2.45) is 0 Å². The van der Waals surface area contributed by atoms with Gasteiger partial charge in [0, 0.05) is 0 Å². The van der Waals surface area contributed by atoms with E-state index in [2.05, 4.69) is 0 Å². The first-order valence-electron chi connectivity index (χ1n) is 3.20. The van der Waals surface area contributed by atoms with Gasteiger partial charge in [-0.2, -0.15) is 0 Å². The Balaban J connectivity index is 0.000001000. The zero-order chi connectivity index (χ0) is 7.56. The Morgan fingerprint density at radius 1 is 1.18 bits per heavy atom. The molecule has 0 atom stereocenters. The van der Waals surface area contributed by atoms with Crippen LogP contribution in [-0.4, -0.2) is 6.29 Å². The smallest absolute Gasteiger partial charge is 0.376 e. The molecule has 0 fully saturated rings. The maximum atomic E-state index is 10.3. The van der Waals surface area contributed by atoms with Crippen LogP contribution in [0.1, 0.15) is 16.7 Å². The van der Waals surface area contributed by atoms with Crippen molar-refractivity contribution in [2.75, 3.05) is 0 Å². The second-order valence-corrected chi connectivity index (χ2v) is 2.37. The molecule has 1 aromatic carbocycles. The van der Waals surface area contributed by atoms with Crippen LogP contribution in [0.25, 0.3) is 0 Å². The third-order valence-electron chi connectivity index (χ3n) is 1.58. The van der Waals surface area contributed by atoms with Gasteiger partial charge in [-0.1, -0.05) is 19.9 Å². The van der Waals surface area contributed by atoms with E-state index in [0.717, 1.165) is 11.1 Å². The fraction of sp³-hybridized carbons (Fsp3) is 0.222. The molecule has 1 rings (SSSR count). The van der Waals surface area contributed by atoms with Gasteiger partial charge in [0.1, 0.15) is 0 Å². The molecule has 0 bridgehead atoms. The van der Waals surface area contributed by atoms with Crippen molar-refractivity contribution in [3.05, 3.63) is 34.9 Å². The zero-order valence-corrected chi connectivity index (χ0v) is 9.56. The summed E-state index contributed by atoms with van der Waals surface area (Å²) in [7, 11) is 0. The van der Waals surface area contributed by atoms with Crippen molar-refractivity contribution < 1.29 is 37.5 Å². The summed E-state index contributed by atoms with van der Waals surface area (Å²) in [5.41, 5.74) is 2.69. The molecule has 0 radical (unpaired) electrons. The molecular formula is C9H9OY+2. The Labute approximate surface area is 92.1 Å². The van der Waals surface area contributed by atoms with Crippen LogP contribution in [0.3, 0.4) is 0 Å². The van der Waals surface area contributed by atoms with E-state index in [1.165, 1.54) is 0 Å². The van der Waals surface area contributed by atoms with Crippen LogP contribution < -0.4 is 0 Å². The topological polar surface area (TPSA) is 17.1 Å². The van der Waals surface area contributed by atoms with E-state index in [9.17, 15) is 4.79 Å². The summed E-state index contributed by atoms with van der Waals surface area (Å²) in [5, 5.41) is 0. The molecule has 2 heteroatoms. The molecular weight excluding hydrogens is 213 g/mol. The molecule has 0 N–H and O–H groups in total. The number of carbonyl (C=O) groups excluding carboxylic acids is 1. The van der Waals surface area contributed by atoms with Crippen molar-refractivity contribution in [1.29, 1.82) is 0 Å². The predicted molar refractivity (Wildman–Crippen MR) is 40.7 cm³/mol. The standard InChI is InChI=1S/C9H9O.Y/c1-7-4-3-5-8(2)9(7)6-10;/h3-5H,1-2H3;/q-1;+3. The molecule has 52 valence electrons. The van der Waals surface area contributed by atoms with Gasteiger partial charge in [0.15, 0.2) is 0 Å². The van der Waals surface area contributed by atoms with E-state index in [1.807, 2.05) is 38.3 Å². The maximum absolute atomic E-state index is 10.3. The summed E-state index contributed by atoms with van der Waals surface area (Å²) < 4.78 is 0. The van der Waals surface area contributed by atoms with E-state index in [4.69, 9.17) is 0 Å². The largest absolute Gasteiger partial charge is 3.00 e. The predicted octanol–water partition coefficient (Wildman–Crippen LogP) is 1.76. The molecule has 0 heterocycles. The average Bonchev–Trinajstić information content (AvgIpc) is 1.88. The Morgan fingerprint density at radius 3 is 1.91 bits per heavy atom. The van der Waals surface area contributed by atoms with Crippen molar-refractivity contribution >= 4 is 6.29 Å². The van der Waals surface area contributed by atoms with E-state index in [0.29, 0.717) is 5.56 Å². The minimum atomic E-state index is 0. The van der Waals surface area contributed by atoms with Crippen LogP contribution in [-0.2, 0) is 37.5 Å². The first kappa shape index (κ1) is 11.0. The average molecular weight is 222 g/mol. The van der Waals surface area contributed by atoms with Crippen LogP contribution in [0.2, 0.25) is 0 Å². The third-order valence-corrected chi connectivity index (χ3v) is 1.58. The molecule has 0 aliphatic rings. The number of aryl methyl sites for hydroxylation is 2. The van der Waals surface area contributed by atoms with Gasteiger partial charge in [0.25, 0.3) is 0 Å². The Bertz CT molecular complexity index is 235. The number of hydrogen-bond donors (Lipinski definition) is 0. The molecule has 1 nitrogen and oxygen atoms in total. The summed E-state index contributed by atoms with van der Waals surface area (Å²) in [6, 6.07) is 5.76. The maximum Gasteiger partial charge on any atom is 3.00 e. The van der Waals surface area contributed by atoms with Gasteiger partial charge in [0.05, 0.1) is 6.29 Å². The van der Waals surface area contributed by atoms with E-state index in [1.54, 1.807) is 0 Å². The minimum absolute atomic E-state index is 0. The monoisotopic (exact) mass is 222 g/mol. The van der Waals surface area contributed by atoms with E-state index < -0.39 is 0 Å². The van der Waals surface area contributed by atoms with E-state index >= 15 is 0 Å². The van der Waals surface area contributed by atoms with Gasteiger partial charge in [-0.3, -0.25) is 0 Å². The summed E-state index contributed by atoms with van der Waals surface area (Å²) in [6.07, 6.45) is 1.91. The summed E-state index contributed by atoms with van der Waals surface area (Å²) in [5.74, 6) is 0. The molecule has 0 unspecified atom stereocenters. The van der Waals surface area contributed by atoms with Crippen LogP contribution in [0.4, 0.5) is 0 Å². The summed E-state index contributed by atoms with van der Waals surface area (Å²) >= 11 is 0. The minimum Gasteiger partial charge on any atom is -0.376 e. The Kier molecular flexibility index (Phi) is 4.79. The molecule has 0 aliphatic carbocycles. The molecule has 0 saturated heterocycles. The van der Waals surface area contributed by atoms with Gasteiger partial charge in [0.2, 0.25) is 0 Å². The molecule has 0 amide bonds. The first-order chi connectivity index (χ1) is 4.75. The second-order valence-electron chi connectivity index (χ2n) is 2.37. The summed E-state index contributed by atoms with van der Waals surface area (Å²) in [4.78, 5) is 10.3. The summed E-state index contributed by atoms with van der Waals surface area (Å²) in [6.45, 7) is 3.82. The Hall–Kier alpha value is -0.00610. The molecule has 0 aliphatic heterocycles. The fourth-order valence-corrected chi connectivity index (χ4v) is 0.975. The van der Waals surface area contributed by atoms with Gasteiger partial charge in [-0.15, -0.1) is 28.8 Å². The van der Waals surface area contributed by atoms with Crippen molar-refractivity contribution in [1.82, 2.24) is 0 Å². The van der Waals surface area contributed by atoms with Crippen LogP contribution in [0.5, 0.6) is 0 Å². The zero-order valence-electron chi connectivity index (χ0n) is 6.72. The van der Waals surface area contributed by atoms with Gasteiger partial charge in [-0.05, 0) is 0 Å². The molecule has 11 heavy (non-hydrogen) atoms. The van der Waals surface area contributed by atoms with Gasteiger partial charge < -0.3 is 4.79 Å². The molecule has 0 saturated carbocycles. The van der Waals surface area contributed by atoms with Crippen LogP contribution in [0.15, 0.2) is 18.2 Å². The van der Waals surface area contributed by atoms with Crippen molar-refractivity contribution in [2.45, 2.75) is 13.8 Å². The second kappa shape index (κ2) is 4.79. The molecule has 0 spiro atoms. The molecule has 0 aromatic heterocycles. The molecule has 1 aromatic rings. The number of hydrogen-bond acceptors (Lipinski definition) is 1. The van der Waals surface area contributed by atoms with Gasteiger partial charge >= 0.3 is 32.7 Å². The van der Waals surface area contributed by atoms with Crippen LogP contribution >= 0.6 is 0 Å². The number of rotatable bonds is 1. The van der Waals surface area contributed by atoms with Gasteiger partial charge in [-0.25, -0.2) is 0 Å². The van der Waals surface area contributed by atoms with Crippen molar-refractivity contribution in [3.63, 3.8) is 0 Å². The quantitative estimate of drug-likeness (QED) is 0.661. The number of benzene rings is 1. The Morgan fingerprint density at radius 2 is 1.64 bits per heavy atom.